The summed E-state index contributed by atoms with van der Waals surface area (Å²) in [4.78, 5) is 2.63. The van der Waals surface area contributed by atoms with Crippen LogP contribution in [-0.2, 0) is 0 Å². The number of halogens is 2. The maximum absolute atomic E-state index is 5.33. The van der Waals surface area contributed by atoms with Gasteiger partial charge in [0.05, 0.1) is 7.11 Å². The van der Waals surface area contributed by atoms with Crippen LogP contribution in [0.5, 0.6) is 5.75 Å². The highest BCUT2D eigenvalue weighted by atomic mass is 35.5. The van der Waals surface area contributed by atoms with E-state index in [2.05, 4.69) is 61.3 Å². The highest BCUT2D eigenvalue weighted by molar-refractivity contribution is 5.86. The van der Waals surface area contributed by atoms with Gasteiger partial charge in [-0.3, -0.25) is 4.90 Å². The fraction of sp³-hybridized carbons (Fsp3) is 0.500. The van der Waals surface area contributed by atoms with Crippen molar-refractivity contribution in [1.29, 1.82) is 0 Å². The van der Waals surface area contributed by atoms with Gasteiger partial charge in [0, 0.05) is 32.2 Å². The fourth-order valence-corrected chi connectivity index (χ4v) is 3.74. The number of hydrogen-bond donors (Lipinski definition) is 1. The molecule has 1 aliphatic heterocycles. The molecule has 5 heteroatoms. The van der Waals surface area contributed by atoms with Gasteiger partial charge in [-0.25, -0.2) is 0 Å². The lowest BCUT2D eigenvalue weighted by atomic mass is 9.80. The number of piperazine rings is 1. The molecule has 1 aliphatic rings. The number of ether oxygens (including phenoxy) is 1. The van der Waals surface area contributed by atoms with Gasteiger partial charge in [-0.05, 0) is 39.9 Å². The Morgan fingerprint density at radius 2 is 1.56 bits per heavy atom. The van der Waals surface area contributed by atoms with E-state index in [4.69, 9.17) is 4.74 Å². The second-order valence-corrected chi connectivity index (χ2v) is 7.53. The number of rotatable bonds is 3. The largest absolute Gasteiger partial charge is 0.497 e. The number of nitrogens with one attached hydrogen (secondary N) is 1. The van der Waals surface area contributed by atoms with Crippen LogP contribution in [0.1, 0.15) is 32.4 Å². The molecule has 0 aromatic heterocycles. The third-order valence-corrected chi connectivity index (χ3v) is 4.72. The third-order valence-electron chi connectivity index (χ3n) is 4.72. The first kappa shape index (κ1) is 22.0. The molecule has 140 valence electrons. The van der Waals surface area contributed by atoms with Crippen LogP contribution < -0.4 is 10.1 Å². The Balaban J connectivity index is 0.00000156. The Labute approximate surface area is 163 Å². The van der Waals surface area contributed by atoms with E-state index in [-0.39, 0.29) is 30.2 Å². The normalized spacial score (nSPS) is 16.6. The summed E-state index contributed by atoms with van der Waals surface area (Å²) in [6, 6.07) is 13.6. The van der Waals surface area contributed by atoms with Crippen molar-refractivity contribution in [2.75, 3.05) is 33.3 Å². The van der Waals surface area contributed by atoms with Gasteiger partial charge in [0.25, 0.3) is 0 Å². The zero-order valence-corrected chi connectivity index (χ0v) is 17.2. The van der Waals surface area contributed by atoms with Crippen molar-refractivity contribution in [2.24, 2.45) is 5.41 Å². The monoisotopic (exact) mass is 384 g/mol. The van der Waals surface area contributed by atoms with Gasteiger partial charge in [-0.1, -0.05) is 39.0 Å². The molecule has 3 rings (SSSR count). The maximum atomic E-state index is 5.33. The van der Waals surface area contributed by atoms with E-state index in [1.807, 2.05) is 6.07 Å². The number of hydrogen-bond acceptors (Lipinski definition) is 3. The van der Waals surface area contributed by atoms with Crippen LogP contribution in [0.25, 0.3) is 10.8 Å². The molecular weight excluding hydrogens is 355 g/mol. The lowest BCUT2D eigenvalue weighted by Gasteiger charge is -2.42. The van der Waals surface area contributed by atoms with Crippen molar-refractivity contribution in [2.45, 2.75) is 26.8 Å². The molecule has 0 spiro atoms. The van der Waals surface area contributed by atoms with Crippen molar-refractivity contribution in [3.8, 4) is 5.75 Å². The molecule has 1 fully saturated rings. The molecule has 0 bridgehead atoms. The van der Waals surface area contributed by atoms with Crippen LogP contribution in [0, 0.1) is 5.41 Å². The quantitative estimate of drug-likeness (QED) is 0.830. The van der Waals surface area contributed by atoms with Crippen LogP contribution >= 0.6 is 24.8 Å². The molecular formula is C20H30Cl2N2O. The average molecular weight is 385 g/mol. The predicted octanol–water partition coefficient (Wildman–Crippen LogP) is 4.68. The van der Waals surface area contributed by atoms with E-state index in [9.17, 15) is 0 Å². The summed E-state index contributed by atoms with van der Waals surface area (Å²) in [6.07, 6.45) is 0. The highest BCUT2D eigenvalue weighted by Gasteiger charge is 2.32. The predicted molar refractivity (Wildman–Crippen MR) is 112 cm³/mol. The van der Waals surface area contributed by atoms with Crippen LogP contribution in [0.15, 0.2) is 36.4 Å². The summed E-state index contributed by atoms with van der Waals surface area (Å²) in [7, 11) is 1.72. The summed E-state index contributed by atoms with van der Waals surface area (Å²) >= 11 is 0. The van der Waals surface area contributed by atoms with Gasteiger partial charge in [0.2, 0.25) is 0 Å². The maximum Gasteiger partial charge on any atom is 0.119 e. The third kappa shape index (κ3) is 5.01. The topological polar surface area (TPSA) is 24.5 Å². The van der Waals surface area contributed by atoms with Gasteiger partial charge >= 0.3 is 0 Å². The lowest BCUT2D eigenvalue weighted by Crippen LogP contribution is -2.48. The molecule has 1 N–H and O–H groups in total. The molecule has 1 atom stereocenters. The van der Waals surface area contributed by atoms with Gasteiger partial charge in [-0.15, -0.1) is 24.8 Å². The van der Waals surface area contributed by atoms with E-state index in [0.29, 0.717) is 6.04 Å². The van der Waals surface area contributed by atoms with E-state index < -0.39 is 0 Å². The van der Waals surface area contributed by atoms with Gasteiger partial charge in [-0.2, -0.15) is 0 Å². The molecule has 1 heterocycles. The van der Waals surface area contributed by atoms with E-state index in [0.717, 1.165) is 31.9 Å². The second kappa shape index (κ2) is 9.09. The number of fused-ring (bicyclic) bond motifs is 1. The van der Waals surface area contributed by atoms with Crippen LogP contribution in [0.2, 0.25) is 0 Å². The molecule has 0 saturated carbocycles. The van der Waals surface area contributed by atoms with Crippen molar-refractivity contribution in [1.82, 2.24) is 10.2 Å². The first-order valence-corrected chi connectivity index (χ1v) is 8.51. The van der Waals surface area contributed by atoms with Gasteiger partial charge < -0.3 is 10.1 Å². The van der Waals surface area contributed by atoms with Gasteiger partial charge in [0.15, 0.2) is 0 Å². The SMILES string of the molecule is COc1ccc2cc([C@H](N3CCNCC3)C(C)(C)C)ccc2c1.Cl.Cl. The Bertz CT molecular complexity index is 679. The highest BCUT2D eigenvalue weighted by Crippen LogP contribution is 2.39. The number of methoxy groups -OCH3 is 1. The Kier molecular flexibility index (Phi) is 8.01. The van der Waals surface area contributed by atoms with E-state index >= 15 is 0 Å². The molecule has 0 unspecified atom stereocenters. The minimum Gasteiger partial charge on any atom is -0.497 e. The van der Waals surface area contributed by atoms with Gasteiger partial charge in [0.1, 0.15) is 5.75 Å². The van der Waals surface area contributed by atoms with E-state index in [1.54, 1.807) is 7.11 Å². The van der Waals surface area contributed by atoms with Crippen LogP contribution in [0.3, 0.4) is 0 Å². The Morgan fingerprint density at radius 3 is 2.16 bits per heavy atom. The van der Waals surface area contributed by atoms with Crippen LogP contribution in [0.4, 0.5) is 0 Å². The van der Waals surface area contributed by atoms with Crippen molar-refractivity contribution in [3.63, 3.8) is 0 Å². The molecule has 25 heavy (non-hydrogen) atoms. The van der Waals surface area contributed by atoms with Crippen molar-refractivity contribution < 1.29 is 4.74 Å². The molecule has 0 amide bonds. The fourth-order valence-electron chi connectivity index (χ4n) is 3.74. The molecule has 0 radical (unpaired) electrons. The molecule has 2 aromatic carbocycles. The van der Waals surface area contributed by atoms with Crippen LogP contribution in [-0.4, -0.2) is 38.2 Å². The Hall–Kier alpha value is -1.000. The summed E-state index contributed by atoms with van der Waals surface area (Å²) in [5, 5.41) is 5.98. The summed E-state index contributed by atoms with van der Waals surface area (Å²) < 4.78 is 5.33. The Morgan fingerprint density at radius 1 is 0.960 bits per heavy atom. The zero-order valence-electron chi connectivity index (χ0n) is 15.5. The molecule has 0 aliphatic carbocycles. The lowest BCUT2D eigenvalue weighted by molar-refractivity contribution is 0.0863. The average Bonchev–Trinajstić information content (AvgIpc) is 2.54. The molecule has 3 nitrogen and oxygen atoms in total. The first-order chi connectivity index (χ1) is 11.0. The van der Waals surface area contributed by atoms with Crippen molar-refractivity contribution in [3.05, 3.63) is 42.0 Å². The summed E-state index contributed by atoms with van der Waals surface area (Å²) in [5.74, 6) is 0.916. The van der Waals surface area contributed by atoms with E-state index in [1.165, 1.54) is 16.3 Å². The molecule has 1 saturated heterocycles. The summed E-state index contributed by atoms with van der Waals surface area (Å²) in [5.41, 5.74) is 1.62. The first-order valence-electron chi connectivity index (χ1n) is 8.51. The minimum atomic E-state index is 0. The zero-order chi connectivity index (χ0) is 16.4. The smallest absolute Gasteiger partial charge is 0.119 e. The number of nitrogens with zero attached hydrogens (tertiary/aromatic N) is 1. The number of benzene rings is 2. The summed E-state index contributed by atoms with van der Waals surface area (Å²) in [6.45, 7) is 11.4. The second-order valence-electron chi connectivity index (χ2n) is 7.53. The minimum absolute atomic E-state index is 0. The molecule has 2 aromatic rings. The van der Waals surface area contributed by atoms with Crippen molar-refractivity contribution >= 4 is 35.6 Å². The standard InChI is InChI=1S/C20H28N2O.2ClH/c1-20(2,3)19(22-11-9-21-10-12-22)17-6-5-16-14-18(23-4)8-7-15(16)13-17;;/h5-8,13-14,19,21H,9-12H2,1-4H3;2*1H/t19-;;/m0../s1.